The highest BCUT2D eigenvalue weighted by Crippen LogP contribution is 2.42. The molecule has 10 aromatic rings. The van der Waals surface area contributed by atoms with Crippen LogP contribution in [-0.4, -0.2) is 90.4 Å². The minimum atomic E-state index is -4.57. The molecule has 11 rings (SSSR count). The van der Waals surface area contributed by atoms with E-state index in [0.29, 0.717) is 55.6 Å². The molecule has 10 bridgehead atoms. The van der Waals surface area contributed by atoms with Gasteiger partial charge < -0.3 is 25.5 Å². The molecule has 0 unspecified atom stereocenters. The molecule has 0 spiro atoms. The normalized spacial score (nSPS) is 13.1. The van der Waals surface area contributed by atoms with Crippen LogP contribution < -0.4 is 0 Å². The van der Waals surface area contributed by atoms with Crippen molar-refractivity contribution >= 4 is 50.6 Å². The van der Waals surface area contributed by atoms with Crippen molar-refractivity contribution in [1.82, 2.24) is 0 Å². The Balaban J connectivity index is 1.15. The lowest BCUT2D eigenvalue weighted by molar-refractivity contribution is 0.450. The Kier molecular flexibility index (Phi) is 18.5. The summed E-state index contributed by atoms with van der Waals surface area (Å²) in [6, 6.07) is 44.3. The summed E-state index contributed by atoms with van der Waals surface area (Å²) in [4.78, 5) is -1.76. The van der Waals surface area contributed by atoms with Crippen LogP contribution in [0.25, 0.3) is 0 Å². The molecule has 0 amide bonds. The molecule has 95 heavy (non-hydrogen) atoms. The summed E-state index contributed by atoms with van der Waals surface area (Å²) in [7, 11) is -22.8. The zero-order valence-electron chi connectivity index (χ0n) is 50.0. The molecule has 20 nitrogen and oxygen atoms in total. The highest BCUT2D eigenvalue weighted by atomic mass is 32.2. The first-order chi connectivity index (χ1) is 44.7. The molecule has 0 atom stereocenters. The number of phenolic OH excluding ortho intramolecular Hbond substituents is 5. The summed E-state index contributed by atoms with van der Waals surface area (Å²) in [5.41, 5.74) is 8.33. The molecule has 0 saturated heterocycles. The van der Waals surface area contributed by atoms with Gasteiger partial charge in [0.1, 0.15) is 28.7 Å². The van der Waals surface area contributed by atoms with E-state index >= 15 is 0 Å². The van der Waals surface area contributed by atoms with Crippen LogP contribution in [-0.2, 0) is 115 Å². The lowest BCUT2D eigenvalue weighted by Crippen LogP contribution is -2.05. The van der Waals surface area contributed by atoms with Gasteiger partial charge in [-0.3, -0.25) is 22.8 Å². The second-order valence-electron chi connectivity index (χ2n) is 23.7. The van der Waals surface area contributed by atoms with Gasteiger partial charge in [0.2, 0.25) is 0 Å². The average Bonchev–Trinajstić information content (AvgIpc) is 0.799. The highest BCUT2D eigenvalue weighted by molar-refractivity contribution is 7.86. The maximum atomic E-state index is 12.7. The van der Waals surface area contributed by atoms with Gasteiger partial charge in [-0.1, -0.05) is 121 Å². The van der Waals surface area contributed by atoms with Gasteiger partial charge >= 0.3 is 0 Å². The predicted molar refractivity (Wildman–Crippen MR) is 350 cm³/mol. The van der Waals surface area contributed by atoms with Crippen LogP contribution in [0.1, 0.15) is 111 Å². The Bertz CT molecular complexity index is 4380. The van der Waals surface area contributed by atoms with E-state index in [2.05, 4.69) is 0 Å². The number of benzene rings is 10. The Hall–Kier alpha value is -9.25. The van der Waals surface area contributed by atoms with E-state index in [1.165, 1.54) is 121 Å². The van der Waals surface area contributed by atoms with E-state index in [1.807, 2.05) is 0 Å². The van der Waals surface area contributed by atoms with E-state index in [-0.39, 0.29) is 173 Å². The third-order valence-corrected chi connectivity index (χ3v) is 21.0. The van der Waals surface area contributed by atoms with Crippen molar-refractivity contribution in [3.63, 3.8) is 0 Å². The molecule has 10 N–H and O–H groups in total. The molecule has 490 valence electrons. The fourth-order valence-corrected chi connectivity index (χ4v) is 14.5. The van der Waals surface area contributed by atoms with E-state index in [1.54, 1.807) is 60.7 Å². The predicted octanol–water partition coefficient (Wildman–Crippen LogP) is 10.7. The summed E-state index contributed by atoms with van der Waals surface area (Å²) < 4.78 is 170. The van der Waals surface area contributed by atoms with Crippen molar-refractivity contribution < 1.29 is 90.4 Å². The zero-order valence-corrected chi connectivity index (χ0v) is 54.1. The second kappa shape index (κ2) is 26.2. The Morgan fingerprint density at radius 1 is 0.200 bits per heavy atom. The molecule has 0 aliphatic heterocycles. The molecule has 0 aromatic heterocycles. The average molecular weight is 1380 g/mol. The van der Waals surface area contributed by atoms with E-state index < -0.39 is 50.6 Å². The summed E-state index contributed by atoms with van der Waals surface area (Å²) in [6.45, 7) is 0. The number of phenols is 5. The second-order valence-corrected chi connectivity index (χ2v) is 30.8. The quantitative estimate of drug-likeness (QED) is 0.0426. The van der Waals surface area contributed by atoms with Crippen LogP contribution in [0.3, 0.4) is 0 Å². The number of aromatic hydroxyl groups is 5. The topological polar surface area (TPSA) is 373 Å². The van der Waals surface area contributed by atoms with Crippen molar-refractivity contribution in [1.29, 1.82) is 0 Å². The van der Waals surface area contributed by atoms with Crippen LogP contribution in [0.15, 0.2) is 206 Å². The summed E-state index contributed by atoms with van der Waals surface area (Å²) >= 11 is 0. The number of hydrogen-bond donors (Lipinski definition) is 10. The Morgan fingerprint density at radius 2 is 0.316 bits per heavy atom. The van der Waals surface area contributed by atoms with Gasteiger partial charge in [0, 0.05) is 32.1 Å². The summed E-state index contributed by atoms with van der Waals surface area (Å²) in [5, 5.41) is 63.4. The molecule has 0 fully saturated rings. The van der Waals surface area contributed by atoms with Crippen LogP contribution in [0.2, 0.25) is 0 Å². The van der Waals surface area contributed by atoms with Gasteiger partial charge in [0.05, 0.1) is 24.5 Å². The van der Waals surface area contributed by atoms with Gasteiger partial charge in [-0.25, -0.2) is 0 Å². The maximum absolute atomic E-state index is 12.7. The van der Waals surface area contributed by atoms with E-state index in [9.17, 15) is 90.4 Å². The first-order valence-corrected chi connectivity index (χ1v) is 36.4. The van der Waals surface area contributed by atoms with Crippen LogP contribution in [0.4, 0.5) is 0 Å². The Morgan fingerprint density at radius 3 is 0.421 bits per heavy atom. The van der Waals surface area contributed by atoms with Crippen molar-refractivity contribution in [2.45, 2.75) is 88.7 Å². The molecule has 10 aromatic carbocycles. The van der Waals surface area contributed by atoms with Crippen molar-refractivity contribution in [2.24, 2.45) is 0 Å². The third kappa shape index (κ3) is 15.9. The van der Waals surface area contributed by atoms with Crippen molar-refractivity contribution in [2.75, 3.05) is 0 Å². The van der Waals surface area contributed by atoms with Crippen LogP contribution in [0.5, 0.6) is 28.7 Å². The molecule has 1 aliphatic rings. The number of fused-ring (bicyclic) bond motifs is 10. The molecule has 25 heteroatoms. The molecule has 0 heterocycles. The lowest BCUT2D eigenvalue weighted by Gasteiger charge is -2.20. The molecular formula is C70H60O20S5. The smallest absolute Gasteiger partial charge is 0.294 e. The van der Waals surface area contributed by atoms with Gasteiger partial charge in [-0.15, -0.1) is 0 Å². The summed E-state index contributed by atoms with van der Waals surface area (Å²) in [5.74, 6) is -1.30. The fourth-order valence-electron chi connectivity index (χ4n) is 12.1. The first-order valence-electron chi connectivity index (χ1n) is 29.2. The summed E-state index contributed by atoms with van der Waals surface area (Å²) in [6.07, 6.45) is -0.267. The minimum Gasteiger partial charge on any atom is -0.507 e. The molecule has 1 aliphatic carbocycles. The van der Waals surface area contributed by atoms with Crippen LogP contribution in [0, 0.1) is 0 Å². The van der Waals surface area contributed by atoms with Crippen molar-refractivity contribution in [3.8, 4) is 28.7 Å². The third-order valence-electron chi connectivity index (χ3n) is 16.7. The van der Waals surface area contributed by atoms with E-state index in [4.69, 9.17) is 0 Å². The first kappa shape index (κ1) is 67.2. The van der Waals surface area contributed by atoms with Gasteiger partial charge in [0.15, 0.2) is 0 Å². The molecule has 0 saturated carbocycles. The monoisotopic (exact) mass is 1380 g/mol. The standard InChI is InChI=1S/C70H60O20S5/c71-66-51-26-46(21-41-1-11-61(12-2-41)91(76,77)78)27-52(66)37-54-29-48(23-43-5-15-63(16-6-43)93(82,83)84)31-56(68(54)73)39-58-33-50(25-45-9-19-65(20-10-45)95(88,89)90)35-60(70(58)75)40-59-34-49(24-44-7-17-64(18-8-44)94(85,86)87)32-57(69(59)74)38-55-30-47(28-53(36-51)67(55)72)22-42-3-13-62(14-4-42)92(79,80)81/h1-20,26-35,71-75H,21-25,36-40H2,(H,76,77,78)(H,79,80,81)(H,82,83,84)(H,85,86,87)(H,88,89,90). The zero-order chi connectivity index (χ0) is 68.1. The largest absolute Gasteiger partial charge is 0.507 e. The molecular weight excluding hydrogens is 1320 g/mol. The van der Waals surface area contributed by atoms with E-state index in [0.717, 1.165) is 0 Å². The number of hydrogen-bond acceptors (Lipinski definition) is 15. The van der Waals surface area contributed by atoms with Gasteiger partial charge in [-0.2, -0.15) is 42.1 Å². The molecule has 0 radical (unpaired) electrons. The van der Waals surface area contributed by atoms with Gasteiger partial charge in [-0.05, 0) is 204 Å². The SMILES string of the molecule is O=S(=O)(O)c1ccc(Cc2cc3c(O)c(c2)Cc2cc(Cc4ccc(S(=O)(=O)O)cc4)cc(c2O)Cc2cc(Cc4ccc(S(=O)(=O)O)cc4)cc(c2O)Cc2cc(Cc4ccc(S(=O)(=O)O)cc4)cc(c2O)Cc2cc(Cc4ccc(S(=O)(=O)O)cc4)cc(c2O)C3)cc1. The fraction of sp³-hybridized carbons (Fsp3) is 0.143. The van der Waals surface area contributed by atoms with Crippen molar-refractivity contribution in [3.05, 3.63) is 293 Å². The Labute approximate surface area is 548 Å². The van der Waals surface area contributed by atoms with Crippen LogP contribution >= 0.6 is 0 Å². The minimum absolute atomic E-state index is 0.116. The maximum Gasteiger partial charge on any atom is 0.294 e. The highest BCUT2D eigenvalue weighted by Gasteiger charge is 2.25. The lowest BCUT2D eigenvalue weighted by atomic mass is 9.86. The van der Waals surface area contributed by atoms with Gasteiger partial charge in [0.25, 0.3) is 50.6 Å². The number of rotatable bonds is 15.